The summed E-state index contributed by atoms with van der Waals surface area (Å²) in [6.07, 6.45) is 11.3. The van der Waals surface area contributed by atoms with Gasteiger partial charge in [-0.2, -0.15) is 0 Å². The molecule has 1 aromatic rings. The minimum atomic E-state index is -0.0592. The van der Waals surface area contributed by atoms with Crippen LogP contribution in [0.5, 0.6) is 0 Å². The standard InChI is InChI=1S/C20H27BFN/c1-3-14-7-9-15(10-8-14)11-12-17-20-16(5-4-6-19(20)22)18(13-23)21(17)2/h3-6,13,15,17H,7-12,23H2,1-2H3/b14-3?,18-13-. The molecule has 0 aromatic heterocycles. The topological polar surface area (TPSA) is 26.0 Å². The van der Waals surface area contributed by atoms with E-state index >= 15 is 0 Å². The minimum Gasteiger partial charge on any atom is -0.405 e. The van der Waals surface area contributed by atoms with Gasteiger partial charge in [0.05, 0.1) is 0 Å². The lowest BCUT2D eigenvalue weighted by atomic mass is 9.40. The van der Waals surface area contributed by atoms with Crippen molar-refractivity contribution in [2.45, 2.75) is 58.1 Å². The van der Waals surface area contributed by atoms with E-state index in [1.165, 1.54) is 32.1 Å². The molecule has 1 aliphatic heterocycles. The molecule has 1 aliphatic carbocycles. The first-order valence-electron chi connectivity index (χ1n) is 9.00. The zero-order valence-electron chi connectivity index (χ0n) is 14.3. The molecule has 0 radical (unpaired) electrons. The molecule has 0 bridgehead atoms. The Kier molecular flexibility index (Phi) is 4.94. The van der Waals surface area contributed by atoms with E-state index in [1.54, 1.807) is 23.9 Å². The van der Waals surface area contributed by atoms with E-state index in [9.17, 15) is 4.39 Å². The van der Waals surface area contributed by atoms with Crippen LogP contribution < -0.4 is 5.73 Å². The van der Waals surface area contributed by atoms with E-state index in [2.05, 4.69) is 19.8 Å². The number of hydrogen-bond donors (Lipinski definition) is 1. The second-order valence-corrected chi connectivity index (χ2v) is 7.19. The van der Waals surface area contributed by atoms with Crippen LogP contribution in [0.25, 0.3) is 5.47 Å². The van der Waals surface area contributed by atoms with E-state index in [1.807, 2.05) is 6.07 Å². The summed E-state index contributed by atoms with van der Waals surface area (Å²) in [4.78, 5) is 0. The lowest BCUT2D eigenvalue weighted by molar-refractivity contribution is 0.371. The van der Waals surface area contributed by atoms with Gasteiger partial charge in [-0.1, -0.05) is 48.9 Å². The molecule has 23 heavy (non-hydrogen) atoms. The fraction of sp³-hybridized carbons (Fsp3) is 0.500. The lowest BCUT2D eigenvalue weighted by Crippen LogP contribution is -2.18. The van der Waals surface area contributed by atoms with Crippen LogP contribution in [0.4, 0.5) is 4.39 Å². The average molecular weight is 311 g/mol. The monoisotopic (exact) mass is 311 g/mol. The van der Waals surface area contributed by atoms with Crippen molar-refractivity contribution >= 4 is 12.2 Å². The summed E-state index contributed by atoms with van der Waals surface area (Å²) >= 11 is 0. The normalized spacial score (nSPS) is 25.8. The smallest absolute Gasteiger partial charge is 0.183 e. The Balaban J connectivity index is 1.72. The van der Waals surface area contributed by atoms with Crippen LogP contribution >= 0.6 is 0 Å². The molecule has 0 spiro atoms. The van der Waals surface area contributed by atoms with Crippen LogP contribution in [-0.4, -0.2) is 6.71 Å². The van der Waals surface area contributed by atoms with Crippen molar-refractivity contribution in [3.8, 4) is 0 Å². The molecule has 1 nitrogen and oxygen atoms in total. The molecular weight excluding hydrogens is 284 g/mol. The van der Waals surface area contributed by atoms with E-state index in [0.29, 0.717) is 6.71 Å². The van der Waals surface area contributed by atoms with Crippen molar-refractivity contribution in [2.24, 2.45) is 11.7 Å². The molecule has 2 aliphatic rings. The van der Waals surface area contributed by atoms with E-state index in [-0.39, 0.29) is 11.6 Å². The van der Waals surface area contributed by atoms with Crippen LogP contribution in [0.3, 0.4) is 0 Å². The fourth-order valence-electron chi connectivity index (χ4n) is 4.55. The number of halogens is 1. The molecule has 1 saturated carbocycles. The highest BCUT2D eigenvalue weighted by Crippen LogP contribution is 2.44. The first kappa shape index (κ1) is 16.4. The maximum Gasteiger partial charge on any atom is 0.183 e. The van der Waals surface area contributed by atoms with Gasteiger partial charge in [0.15, 0.2) is 6.71 Å². The molecule has 1 fully saturated rings. The van der Waals surface area contributed by atoms with Crippen LogP contribution in [0, 0.1) is 11.7 Å². The SMILES string of the molecule is CC=C1CCC(CCC2B(C)/C(=C\N)c3cccc(F)c32)CC1. The van der Waals surface area contributed by atoms with Gasteiger partial charge in [-0.25, -0.2) is 4.39 Å². The highest BCUT2D eigenvalue weighted by atomic mass is 19.1. The molecule has 0 amide bonds. The number of nitrogens with two attached hydrogens (primary N) is 1. The third-order valence-electron chi connectivity index (χ3n) is 6.05. The summed E-state index contributed by atoms with van der Waals surface area (Å²) < 4.78 is 14.4. The summed E-state index contributed by atoms with van der Waals surface area (Å²) in [5.74, 6) is 1.02. The Morgan fingerprint density at radius 2 is 2.00 bits per heavy atom. The quantitative estimate of drug-likeness (QED) is 0.591. The molecule has 1 aromatic carbocycles. The van der Waals surface area contributed by atoms with Crippen molar-refractivity contribution in [2.75, 3.05) is 0 Å². The van der Waals surface area contributed by atoms with Crippen molar-refractivity contribution in [1.82, 2.24) is 0 Å². The van der Waals surface area contributed by atoms with Gasteiger partial charge in [-0.05, 0) is 67.7 Å². The van der Waals surface area contributed by atoms with Gasteiger partial charge in [0, 0.05) is 0 Å². The highest BCUT2D eigenvalue weighted by molar-refractivity contribution is 6.81. The number of benzene rings is 1. The highest BCUT2D eigenvalue weighted by Gasteiger charge is 2.38. The molecule has 3 heteroatoms. The predicted molar refractivity (Wildman–Crippen MR) is 97.9 cm³/mol. The van der Waals surface area contributed by atoms with Gasteiger partial charge in [0.25, 0.3) is 0 Å². The third kappa shape index (κ3) is 3.11. The maximum absolute atomic E-state index is 14.4. The summed E-state index contributed by atoms with van der Waals surface area (Å²) in [5, 5.41) is 0. The zero-order chi connectivity index (χ0) is 16.4. The molecule has 0 saturated heterocycles. The number of rotatable bonds is 3. The largest absolute Gasteiger partial charge is 0.405 e. The van der Waals surface area contributed by atoms with Gasteiger partial charge in [-0.3, -0.25) is 0 Å². The van der Waals surface area contributed by atoms with Gasteiger partial charge in [0.2, 0.25) is 0 Å². The Labute approximate surface area is 139 Å². The Morgan fingerprint density at radius 1 is 1.26 bits per heavy atom. The molecule has 122 valence electrons. The third-order valence-corrected chi connectivity index (χ3v) is 6.05. The van der Waals surface area contributed by atoms with Gasteiger partial charge < -0.3 is 5.73 Å². The Hall–Kier alpha value is -1.51. The summed E-state index contributed by atoms with van der Waals surface area (Å²) in [6.45, 7) is 4.67. The molecule has 3 rings (SSSR count). The number of fused-ring (bicyclic) bond motifs is 1. The summed E-state index contributed by atoms with van der Waals surface area (Å²) in [6, 6.07) is 5.41. The van der Waals surface area contributed by atoms with E-state index in [4.69, 9.17) is 5.73 Å². The number of hydrogen-bond acceptors (Lipinski definition) is 1. The van der Waals surface area contributed by atoms with Gasteiger partial charge in [0.1, 0.15) is 5.82 Å². The summed E-state index contributed by atoms with van der Waals surface area (Å²) in [7, 11) is 0. The molecule has 1 heterocycles. The molecule has 2 N–H and O–H groups in total. The maximum atomic E-state index is 14.4. The lowest BCUT2D eigenvalue weighted by Gasteiger charge is -2.26. The van der Waals surface area contributed by atoms with E-state index in [0.717, 1.165) is 28.9 Å². The molecule has 1 unspecified atom stereocenters. The van der Waals surface area contributed by atoms with Crippen LogP contribution in [0.2, 0.25) is 6.82 Å². The second-order valence-electron chi connectivity index (χ2n) is 7.19. The fourth-order valence-corrected chi connectivity index (χ4v) is 4.55. The predicted octanol–water partition coefficient (Wildman–Crippen LogP) is 5.34. The Bertz CT molecular complexity index is 625. The first-order chi connectivity index (χ1) is 11.2. The van der Waals surface area contributed by atoms with Gasteiger partial charge >= 0.3 is 0 Å². The van der Waals surface area contributed by atoms with Gasteiger partial charge in [-0.15, -0.1) is 0 Å². The second kappa shape index (κ2) is 6.94. The van der Waals surface area contributed by atoms with Crippen molar-refractivity contribution in [3.05, 3.63) is 53.0 Å². The van der Waals surface area contributed by atoms with Crippen LogP contribution in [0.1, 0.15) is 62.4 Å². The first-order valence-corrected chi connectivity index (χ1v) is 9.00. The zero-order valence-corrected chi connectivity index (χ0v) is 14.3. The van der Waals surface area contributed by atoms with Crippen molar-refractivity contribution in [3.63, 3.8) is 0 Å². The summed E-state index contributed by atoms with van der Waals surface area (Å²) in [5.41, 5.74) is 10.5. The molecule has 1 atom stereocenters. The molecular formula is C20H27BFN. The van der Waals surface area contributed by atoms with Crippen molar-refractivity contribution in [1.29, 1.82) is 0 Å². The average Bonchev–Trinajstić information content (AvgIpc) is 2.85. The number of allylic oxidation sites excluding steroid dienone is 2. The minimum absolute atomic E-state index is 0.0592. The van der Waals surface area contributed by atoms with E-state index < -0.39 is 0 Å². The van der Waals surface area contributed by atoms with Crippen molar-refractivity contribution < 1.29 is 4.39 Å². The van der Waals surface area contributed by atoms with Crippen LogP contribution in [0.15, 0.2) is 36.0 Å². The van der Waals surface area contributed by atoms with Crippen LogP contribution in [-0.2, 0) is 0 Å². The Morgan fingerprint density at radius 3 is 2.65 bits per heavy atom.